The quantitative estimate of drug-likeness (QED) is 0.755. The number of carboxylic acid groups (broad SMARTS) is 1. The van der Waals surface area contributed by atoms with Crippen molar-refractivity contribution in [3.63, 3.8) is 0 Å². The molecule has 0 bridgehead atoms. The van der Waals surface area contributed by atoms with Crippen LogP contribution in [0.5, 0.6) is 0 Å². The molecule has 1 heterocycles. The highest BCUT2D eigenvalue weighted by Gasteiger charge is 2.19. The normalized spacial score (nSPS) is 12.1. The third kappa shape index (κ3) is 4.40. The monoisotopic (exact) mass is 271 g/mol. The van der Waals surface area contributed by atoms with Crippen molar-refractivity contribution in [1.29, 1.82) is 0 Å². The fraction of sp³-hybridized carbons (Fsp3) is 0.545. The third-order valence-corrected chi connectivity index (χ3v) is 3.13. The Labute approximate surface area is 110 Å². The second kappa shape index (κ2) is 7.05. The van der Waals surface area contributed by atoms with Crippen LogP contribution in [0.2, 0.25) is 0 Å². The molecule has 0 unspecified atom stereocenters. The molecule has 1 amide bonds. The van der Waals surface area contributed by atoms with Gasteiger partial charge in [-0.15, -0.1) is 0 Å². The van der Waals surface area contributed by atoms with E-state index in [1.165, 1.54) is 0 Å². The molecule has 0 fully saturated rings. The van der Waals surface area contributed by atoms with Crippen LogP contribution in [0.15, 0.2) is 12.4 Å². The number of nitrogens with zero attached hydrogens (tertiary/aromatic N) is 2. The summed E-state index contributed by atoms with van der Waals surface area (Å²) in [5.74, 6) is 0.104. The lowest BCUT2D eigenvalue weighted by atomic mass is 10.2. The number of aromatic nitrogens is 2. The SMILES string of the molecule is CSCC[C@H](NC(=O)Cn1ccnc1C)C(=O)O. The van der Waals surface area contributed by atoms with Crippen LogP contribution < -0.4 is 5.32 Å². The second-order valence-electron chi connectivity index (χ2n) is 3.84. The first-order valence-electron chi connectivity index (χ1n) is 5.53. The number of hydrogen-bond acceptors (Lipinski definition) is 4. The van der Waals surface area contributed by atoms with Crippen molar-refractivity contribution in [3.8, 4) is 0 Å². The van der Waals surface area contributed by atoms with E-state index in [2.05, 4.69) is 10.3 Å². The zero-order valence-corrected chi connectivity index (χ0v) is 11.2. The van der Waals surface area contributed by atoms with Crippen molar-refractivity contribution in [2.24, 2.45) is 0 Å². The minimum Gasteiger partial charge on any atom is -0.480 e. The lowest BCUT2D eigenvalue weighted by Crippen LogP contribution is -2.42. The van der Waals surface area contributed by atoms with Crippen LogP contribution in [0.25, 0.3) is 0 Å². The zero-order chi connectivity index (χ0) is 13.5. The molecule has 0 aliphatic carbocycles. The van der Waals surface area contributed by atoms with Crippen molar-refractivity contribution < 1.29 is 14.7 Å². The smallest absolute Gasteiger partial charge is 0.326 e. The number of hydrogen-bond donors (Lipinski definition) is 2. The van der Waals surface area contributed by atoms with Crippen LogP contribution in [0.4, 0.5) is 0 Å². The Morgan fingerprint density at radius 1 is 1.61 bits per heavy atom. The van der Waals surface area contributed by atoms with Crippen LogP contribution >= 0.6 is 11.8 Å². The molecule has 0 aromatic carbocycles. The number of nitrogens with one attached hydrogen (secondary N) is 1. The lowest BCUT2D eigenvalue weighted by Gasteiger charge is -2.14. The largest absolute Gasteiger partial charge is 0.480 e. The van der Waals surface area contributed by atoms with Gasteiger partial charge in [0.15, 0.2) is 0 Å². The van der Waals surface area contributed by atoms with Crippen LogP contribution in [0.1, 0.15) is 12.2 Å². The number of amides is 1. The summed E-state index contributed by atoms with van der Waals surface area (Å²) in [6.07, 6.45) is 5.61. The predicted molar refractivity (Wildman–Crippen MR) is 69.5 cm³/mol. The minimum absolute atomic E-state index is 0.0921. The highest BCUT2D eigenvalue weighted by Crippen LogP contribution is 2.02. The average molecular weight is 271 g/mol. The Morgan fingerprint density at radius 3 is 2.83 bits per heavy atom. The molecule has 100 valence electrons. The van der Waals surface area contributed by atoms with E-state index < -0.39 is 12.0 Å². The van der Waals surface area contributed by atoms with E-state index >= 15 is 0 Å². The number of aliphatic carboxylic acids is 1. The van der Waals surface area contributed by atoms with Gasteiger partial charge >= 0.3 is 5.97 Å². The maximum absolute atomic E-state index is 11.7. The molecular formula is C11H17N3O3S. The Bertz CT molecular complexity index is 419. The Kier molecular flexibility index (Phi) is 5.70. The molecule has 0 saturated heterocycles. The van der Waals surface area contributed by atoms with Crippen molar-refractivity contribution in [1.82, 2.24) is 14.9 Å². The summed E-state index contributed by atoms with van der Waals surface area (Å²) in [7, 11) is 0. The van der Waals surface area contributed by atoms with Gasteiger partial charge in [0, 0.05) is 12.4 Å². The van der Waals surface area contributed by atoms with Gasteiger partial charge in [-0.2, -0.15) is 11.8 Å². The van der Waals surface area contributed by atoms with E-state index in [-0.39, 0.29) is 12.5 Å². The number of aryl methyl sites for hydroxylation is 1. The Balaban J connectivity index is 2.51. The first-order valence-corrected chi connectivity index (χ1v) is 6.92. The van der Waals surface area contributed by atoms with Gasteiger partial charge < -0.3 is 15.0 Å². The number of carboxylic acids is 1. The summed E-state index contributed by atoms with van der Waals surface area (Å²) in [6, 6.07) is -0.825. The van der Waals surface area contributed by atoms with Gasteiger partial charge in [-0.25, -0.2) is 9.78 Å². The minimum atomic E-state index is -1.00. The fourth-order valence-electron chi connectivity index (χ4n) is 1.46. The molecule has 7 heteroatoms. The van der Waals surface area contributed by atoms with E-state index in [9.17, 15) is 9.59 Å². The molecule has 0 spiro atoms. The van der Waals surface area contributed by atoms with Crippen LogP contribution in [-0.2, 0) is 16.1 Å². The van der Waals surface area contributed by atoms with E-state index in [1.807, 2.05) is 6.26 Å². The van der Waals surface area contributed by atoms with Crippen LogP contribution in [-0.4, -0.2) is 44.6 Å². The maximum atomic E-state index is 11.7. The standard InChI is InChI=1S/C11H17N3O3S/c1-8-12-4-5-14(8)7-10(15)13-9(11(16)17)3-6-18-2/h4-5,9H,3,6-7H2,1-2H3,(H,13,15)(H,16,17)/t9-/m0/s1. The highest BCUT2D eigenvalue weighted by atomic mass is 32.2. The summed E-state index contributed by atoms with van der Waals surface area (Å²) >= 11 is 1.55. The van der Waals surface area contributed by atoms with E-state index in [0.717, 1.165) is 5.82 Å². The maximum Gasteiger partial charge on any atom is 0.326 e. The first kappa shape index (κ1) is 14.6. The molecule has 0 radical (unpaired) electrons. The van der Waals surface area contributed by atoms with Gasteiger partial charge in [-0.3, -0.25) is 4.79 Å². The van der Waals surface area contributed by atoms with Crippen LogP contribution in [0.3, 0.4) is 0 Å². The van der Waals surface area contributed by atoms with Gasteiger partial charge in [-0.1, -0.05) is 0 Å². The summed E-state index contributed by atoms with van der Waals surface area (Å²) in [6.45, 7) is 1.88. The molecule has 0 saturated carbocycles. The molecule has 2 N–H and O–H groups in total. The van der Waals surface area contributed by atoms with Crippen molar-refractivity contribution in [3.05, 3.63) is 18.2 Å². The van der Waals surface area contributed by atoms with Gasteiger partial charge in [0.2, 0.25) is 5.91 Å². The lowest BCUT2D eigenvalue weighted by molar-refractivity contribution is -0.141. The molecule has 1 aromatic rings. The topological polar surface area (TPSA) is 84.2 Å². The van der Waals surface area contributed by atoms with Crippen molar-refractivity contribution >= 4 is 23.6 Å². The predicted octanol–water partition coefficient (Wildman–Crippen LogP) is 0.514. The van der Waals surface area contributed by atoms with Gasteiger partial charge in [0.25, 0.3) is 0 Å². The summed E-state index contributed by atoms with van der Waals surface area (Å²) in [4.78, 5) is 26.7. The van der Waals surface area contributed by atoms with Crippen molar-refractivity contribution in [2.45, 2.75) is 25.9 Å². The Hall–Kier alpha value is -1.50. The zero-order valence-electron chi connectivity index (χ0n) is 10.4. The Morgan fingerprint density at radius 2 is 2.33 bits per heavy atom. The molecule has 1 rings (SSSR count). The molecule has 0 aliphatic heterocycles. The number of rotatable bonds is 7. The summed E-state index contributed by atoms with van der Waals surface area (Å²) < 4.78 is 1.67. The summed E-state index contributed by atoms with van der Waals surface area (Å²) in [5.41, 5.74) is 0. The number of carbonyl (C=O) groups excluding carboxylic acids is 1. The second-order valence-corrected chi connectivity index (χ2v) is 4.83. The fourth-order valence-corrected chi connectivity index (χ4v) is 1.93. The molecule has 18 heavy (non-hydrogen) atoms. The molecule has 0 aliphatic rings. The number of imidazole rings is 1. The number of thioether (sulfide) groups is 1. The molecule has 1 aromatic heterocycles. The first-order chi connectivity index (χ1) is 8.54. The average Bonchev–Trinajstić information content (AvgIpc) is 2.70. The summed E-state index contributed by atoms with van der Waals surface area (Å²) in [5, 5.41) is 11.5. The van der Waals surface area contributed by atoms with E-state index in [1.54, 1.807) is 35.6 Å². The van der Waals surface area contributed by atoms with Gasteiger partial charge in [-0.05, 0) is 25.4 Å². The highest BCUT2D eigenvalue weighted by molar-refractivity contribution is 7.98. The third-order valence-electron chi connectivity index (χ3n) is 2.48. The molecule has 1 atom stereocenters. The van der Waals surface area contributed by atoms with Gasteiger partial charge in [0.05, 0.1) is 0 Å². The molecule has 6 nitrogen and oxygen atoms in total. The van der Waals surface area contributed by atoms with Crippen LogP contribution in [0, 0.1) is 6.92 Å². The van der Waals surface area contributed by atoms with Gasteiger partial charge in [0.1, 0.15) is 18.4 Å². The van der Waals surface area contributed by atoms with Crippen molar-refractivity contribution in [2.75, 3.05) is 12.0 Å². The van der Waals surface area contributed by atoms with E-state index in [0.29, 0.717) is 12.2 Å². The number of carbonyl (C=O) groups is 2. The molecular weight excluding hydrogens is 254 g/mol. The van der Waals surface area contributed by atoms with E-state index in [4.69, 9.17) is 5.11 Å².